The zero-order valence-electron chi connectivity index (χ0n) is 11.8. The Balaban J connectivity index is 2.56. The van der Waals surface area contributed by atoms with Gasteiger partial charge in [0, 0.05) is 18.7 Å². The minimum Gasteiger partial charge on any atom is -0.377 e. The quantitative estimate of drug-likeness (QED) is 0.642. The standard InChI is InChI=1S/C12H17N3O5S/c1-8-5-10(15(16)17)6-11(9(8)2)21(18,19)14-3-4-20-7-12(14)13/h5-6,12H,3-4,7,13H2,1-2H3. The van der Waals surface area contributed by atoms with E-state index in [4.69, 9.17) is 10.5 Å². The van der Waals surface area contributed by atoms with Gasteiger partial charge in [-0.1, -0.05) is 0 Å². The minimum atomic E-state index is -3.90. The summed E-state index contributed by atoms with van der Waals surface area (Å²) in [5, 5.41) is 10.9. The van der Waals surface area contributed by atoms with E-state index >= 15 is 0 Å². The fourth-order valence-corrected chi connectivity index (χ4v) is 4.02. The minimum absolute atomic E-state index is 0.0773. The molecule has 0 radical (unpaired) electrons. The number of sulfonamides is 1. The van der Waals surface area contributed by atoms with Crippen LogP contribution in [0, 0.1) is 24.0 Å². The maximum atomic E-state index is 12.7. The van der Waals surface area contributed by atoms with Gasteiger partial charge in [-0.15, -0.1) is 0 Å². The van der Waals surface area contributed by atoms with Crippen LogP contribution in [0.2, 0.25) is 0 Å². The number of hydrogen-bond acceptors (Lipinski definition) is 6. The summed E-state index contributed by atoms with van der Waals surface area (Å²) in [5.41, 5.74) is 6.56. The molecule has 1 unspecified atom stereocenters. The lowest BCUT2D eigenvalue weighted by molar-refractivity contribution is -0.385. The third-order valence-corrected chi connectivity index (χ3v) is 5.57. The van der Waals surface area contributed by atoms with Crippen LogP contribution in [0.3, 0.4) is 0 Å². The van der Waals surface area contributed by atoms with Crippen LogP contribution < -0.4 is 5.73 Å². The second-order valence-electron chi connectivity index (χ2n) is 4.90. The van der Waals surface area contributed by atoms with E-state index in [1.807, 2.05) is 0 Å². The van der Waals surface area contributed by atoms with Gasteiger partial charge >= 0.3 is 0 Å². The topological polar surface area (TPSA) is 116 Å². The predicted octanol–water partition coefficient (Wildman–Crippen LogP) is 0.517. The van der Waals surface area contributed by atoms with Crippen LogP contribution >= 0.6 is 0 Å². The van der Waals surface area contributed by atoms with Crippen molar-refractivity contribution in [1.29, 1.82) is 0 Å². The van der Waals surface area contributed by atoms with E-state index in [9.17, 15) is 18.5 Å². The number of nitro benzene ring substituents is 1. The van der Waals surface area contributed by atoms with Gasteiger partial charge in [-0.2, -0.15) is 4.31 Å². The number of aryl methyl sites for hydroxylation is 1. The summed E-state index contributed by atoms with van der Waals surface area (Å²) in [6.07, 6.45) is -0.789. The SMILES string of the molecule is Cc1cc([N+](=O)[O-])cc(S(=O)(=O)N2CCOCC2N)c1C. The van der Waals surface area contributed by atoms with E-state index in [2.05, 4.69) is 0 Å². The van der Waals surface area contributed by atoms with Crippen molar-refractivity contribution >= 4 is 15.7 Å². The van der Waals surface area contributed by atoms with E-state index in [0.717, 1.165) is 10.4 Å². The van der Waals surface area contributed by atoms with E-state index in [1.165, 1.54) is 6.07 Å². The fourth-order valence-electron chi connectivity index (χ4n) is 2.21. The monoisotopic (exact) mass is 315 g/mol. The molecule has 0 aliphatic carbocycles. The summed E-state index contributed by atoms with van der Waals surface area (Å²) < 4.78 is 31.7. The van der Waals surface area contributed by atoms with Gasteiger partial charge in [-0.25, -0.2) is 8.42 Å². The molecule has 1 aliphatic rings. The van der Waals surface area contributed by atoms with E-state index in [1.54, 1.807) is 13.8 Å². The van der Waals surface area contributed by atoms with Gasteiger partial charge in [-0.05, 0) is 25.0 Å². The van der Waals surface area contributed by atoms with Crippen molar-refractivity contribution in [1.82, 2.24) is 4.31 Å². The first-order valence-electron chi connectivity index (χ1n) is 6.36. The molecule has 1 aliphatic heterocycles. The lowest BCUT2D eigenvalue weighted by Gasteiger charge is -2.32. The molecular formula is C12H17N3O5S. The first-order valence-corrected chi connectivity index (χ1v) is 7.80. The average Bonchev–Trinajstić information content (AvgIpc) is 2.41. The van der Waals surface area contributed by atoms with Crippen LogP contribution in [0.5, 0.6) is 0 Å². The van der Waals surface area contributed by atoms with Gasteiger partial charge in [0.1, 0.15) is 0 Å². The Labute approximate surface area is 122 Å². The Bertz CT molecular complexity index is 674. The molecule has 1 aromatic carbocycles. The second-order valence-corrected chi connectivity index (χ2v) is 6.76. The van der Waals surface area contributed by atoms with Crippen molar-refractivity contribution in [3.8, 4) is 0 Å². The lowest BCUT2D eigenvalue weighted by atomic mass is 10.1. The molecule has 21 heavy (non-hydrogen) atoms. The Morgan fingerprint density at radius 1 is 1.43 bits per heavy atom. The molecule has 1 saturated heterocycles. The van der Waals surface area contributed by atoms with Gasteiger partial charge in [0.25, 0.3) is 5.69 Å². The van der Waals surface area contributed by atoms with Gasteiger partial charge in [-0.3, -0.25) is 10.1 Å². The number of rotatable bonds is 3. The molecule has 0 spiro atoms. The van der Waals surface area contributed by atoms with Gasteiger partial charge in [0.05, 0.1) is 29.2 Å². The zero-order chi connectivity index (χ0) is 15.8. The van der Waals surface area contributed by atoms with Crippen LogP contribution in [0.4, 0.5) is 5.69 Å². The van der Waals surface area contributed by atoms with Crippen molar-refractivity contribution in [3.63, 3.8) is 0 Å². The van der Waals surface area contributed by atoms with Crippen molar-refractivity contribution in [2.24, 2.45) is 5.73 Å². The Hall–Kier alpha value is -1.55. The summed E-state index contributed by atoms with van der Waals surface area (Å²) in [6.45, 7) is 3.75. The highest BCUT2D eigenvalue weighted by Crippen LogP contribution is 2.28. The fraction of sp³-hybridized carbons (Fsp3) is 0.500. The molecule has 2 N–H and O–H groups in total. The molecule has 2 rings (SSSR count). The van der Waals surface area contributed by atoms with Crippen molar-refractivity contribution < 1.29 is 18.1 Å². The highest BCUT2D eigenvalue weighted by atomic mass is 32.2. The predicted molar refractivity (Wildman–Crippen MR) is 75.3 cm³/mol. The molecule has 8 nitrogen and oxygen atoms in total. The highest BCUT2D eigenvalue weighted by Gasteiger charge is 2.34. The summed E-state index contributed by atoms with van der Waals surface area (Å²) >= 11 is 0. The molecule has 1 aromatic rings. The van der Waals surface area contributed by atoms with Gasteiger partial charge < -0.3 is 10.5 Å². The van der Waals surface area contributed by atoms with E-state index < -0.39 is 21.1 Å². The van der Waals surface area contributed by atoms with E-state index in [0.29, 0.717) is 11.1 Å². The number of nitro groups is 1. The first kappa shape index (κ1) is 15.8. The first-order chi connectivity index (χ1) is 9.75. The van der Waals surface area contributed by atoms with Crippen LogP contribution in [-0.2, 0) is 14.8 Å². The van der Waals surface area contributed by atoms with E-state index in [-0.39, 0.29) is 30.3 Å². The number of nitrogens with two attached hydrogens (primary N) is 1. The Kier molecular flexibility index (Phi) is 4.28. The van der Waals surface area contributed by atoms with Crippen molar-refractivity contribution in [2.45, 2.75) is 24.9 Å². The number of non-ortho nitro benzene ring substituents is 1. The normalized spacial score (nSPS) is 20.4. The molecule has 9 heteroatoms. The lowest BCUT2D eigenvalue weighted by Crippen LogP contribution is -2.53. The molecule has 0 saturated carbocycles. The number of ether oxygens (including phenoxy) is 1. The zero-order valence-corrected chi connectivity index (χ0v) is 12.6. The molecule has 0 aromatic heterocycles. The van der Waals surface area contributed by atoms with Crippen LogP contribution in [0.15, 0.2) is 17.0 Å². The maximum absolute atomic E-state index is 12.7. The smallest absolute Gasteiger partial charge is 0.271 e. The maximum Gasteiger partial charge on any atom is 0.271 e. The van der Waals surface area contributed by atoms with Crippen molar-refractivity contribution in [2.75, 3.05) is 19.8 Å². The molecule has 1 heterocycles. The molecule has 116 valence electrons. The highest BCUT2D eigenvalue weighted by molar-refractivity contribution is 7.89. The molecule has 0 bridgehead atoms. The number of benzene rings is 1. The third-order valence-electron chi connectivity index (χ3n) is 3.52. The van der Waals surface area contributed by atoms with Crippen LogP contribution in [0.1, 0.15) is 11.1 Å². The Morgan fingerprint density at radius 3 is 2.67 bits per heavy atom. The number of morpholine rings is 1. The Morgan fingerprint density at radius 2 is 2.10 bits per heavy atom. The molecule has 0 amide bonds. The van der Waals surface area contributed by atoms with Crippen LogP contribution in [-0.4, -0.2) is 43.6 Å². The molecule has 1 fully saturated rings. The third kappa shape index (κ3) is 2.91. The second kappa shape index (κ2) is 5.68. The van der Waals surface area contributed by atoms with Gasteiger partial charge in [0.15, 0.2) is 0 Å². The van der Waals surface area contributed by atoms with Gasteiger partial charge in [0.2, 0.25) is 10.0 Å². The number of nitrogens with zero attached hydrogens (tertiary/aromatic N) is 2. The van der Waals surface area contributed by atoms with Crippen molar-refractivity contribution in [3.05, 3.63) is 33.4 Å². The molecule has 1 atom stereocenters. The summed E-state index contributed by atoms with van der Waals surface area (Å²) in [4.78, 5) is 10.3. The van der Waals surface area contributed by atoms with Crippen LogP contribution in [0.25, 0.3) is 0 Å². The summed E-state index contributed by atoms with van der Waals surface area (Å²) in [7, 11) is -3.90. The summed E-state index contributed by atoms with van der Waals surface area (Å²) in [5.74, 6) is 0. The summed E-state index contributed by atoms with van der Waals surface area (Å²) in [6, 6.07) is 2.44. The average molecular weight is 315 g/mol. The molecular weight excluding hydrogens is 298 g/mol. The largest absolute Gasteiger partial charge is 0.377 e. The number of hydrogen-bond donors (Lipinski definition) is 1.